The second kappa shape index (κ2) is 5.54. The van der Waals surface area contributed by atoms with Crippen LogP contribution in [-0.2, 0) is 14.7 Å². The Morgan fingerprint density at radius 2 is 2.38 bits per heavy atom. The van der Waals surface area contributed by atoms with E-state index in [1.165, 1.54) is 0 Å². The Balaban J connectivity index is 2.82. The summed E-state index contributed by atoms with van der Waals surface area (Å²) in [6.07, 6.45) is 0.770. The monoisotopic (exact) mass is 156 g/mol. The predicted octanol–water partition coefficient (Wildman–Crippen LogP) is 0.925. The van der Waals surface area contributed by atoms with E-state index >= 15 is 0 Å². The van der Waals surface area contributed by atoms with Gasteiger partial charge in [-0.15, -0.1) is 0 Å². The number of hydrogen-bond donors (Lipinski definition) is 0. The molecule has 0 aromatic carbocycles. The summed E-state index contributed by atoms with van der Waals surface area (Å²) >= 11 is 0. The molecule has 0 radical (unpaired) electrons. The predicted molar refractivity (Wildman–Crippen MR) is 35.4 cm³/mol. The van der Waals surface area contributed by atoms with Crippen molar-refractivity contribution < 1.29 is 8.95 Å². The molecule has 50 valence electrons. The summed E-state index contributed by atoms with van der Waals surface area (Å²) in [5, 5.41) is 0. The molecule has 0 aromatic rings. The summed E-state index contributed by atoms with van der Waals surface area (Å²) in [5.41, 5.74) is 0. The lowest BCUT2D eigenvalue weighted by Crippen LogP contribution is -1.94. The molecule has 0 heterocycles. The fraction of sp³-hybridized carbons (Fsp3) is 1.00. The topological polar surface area (TPSA) is 26.3 Å². The van der Waals surface area contributed by atoms with Crippen molar-refractivity contribution in [3.63, 3.8) is 0 Å². The van der Waals surface area contributed by atoms with Crippen molar-refractivity contribution >= 4 is 20.7 Å². The molecule has 0 rings (SSSR count). The van der Waals surface area contributed by atoms with Crippen LogP contribution < -0.4 is 0 Å². The molecule has 0 aliphatic carbocycles. The van der Waals surface area contributed by atoms with Crippen molar-refractivity contribution in [2.24, 2.45) is 0 Å². The normalized spacial score (nSPS) is 13.8. The second-order valence-electron chi connectivity index (χ2n) is 1.34. The smallest absolute Gasteiger partial charge is 0.115 e. The molecule has 2 nitrogen and oxygen atoms in total. The molecule has 0 aromatic heterocycles. The van der Waals surface area contributed by atoms with Crippen molar-refractivity contribution in [3.8, 4) is 0 Å². The van der Waals surface area contributed by atoms with Crippen LogP contribution in [0.25, 0.3) is 0 Å². The van der Waals surface area contributed by atoms with Crippen LogP contribution in [0.1, 0.15) is 6.42 Å². The maximum atomic E-state index is 10.1. The zero-order chi connectivity index (χ0) is 6.41. The minimum atomic E-state index is -1.17. The van der Waals surface area contributed by atoms with E-state index in [9.17, 15) is 4.21 Å². The first-order valence-corrected chi connectivity index (χ1v) is 4.45. The van der Waals surface area contributed by atoms with E-state index in [2.05, 4.69) is 0 Å². The Morgan fingerprint density at radius 3 is 2.75 bits per heavy atom. The van der Waals surface area contributed by atoms with E-state index in [-0.39, 0.29) is 0 Å². The van der Waals surface area contributed by atoms with Gasteiger partial charge in [0.15, 0.2) is 0 Å². The van der Waals surface area contributed by atoms with Gasteiger partial charge in [0.2, 0.25) is 0 Å². The lowest BCUT2D eigenvalue weighted by atomic mass is 10.5. The quantitative estimate of drug-likeness (QED) is 0.447. The van der Waals surface area contributed by atoms with Crippen LogP contribution in [0.15, 0.2) is 0 Å². The molecule has 4 heteroatoms. The van der Waals surface area contributed by atoms with E-state index in [0.717, 1.165) is 6.42 Å². The van der Waals surface area contributed by atoms with Crippen molar-refractivity contribution in [2.45, 2.75) is 6.42 Å². The third-order valence-electron chi connectivity index (χ3n) is 0.653. The zero-order valence-electron chi connectivity index (χ0n) is 4.72. The lowest BCUT2D eigenvalue weighted by molar-refractivity contribution is 0.200. The zero-order valence-corrected chi connectivity index (χ0v) is 6.30. The van der Waals surface area contributed by atoms with Gasteiger partial charge in [-0.25, -0.2) is 4.21 Å². The minimum Gasteiger partial charge on any atom is -0.385 e. The summed E-state index contributed by atoms with van der Waals surface area (Å²) in [5.74, 6) is 0.523. The van der Waals surface area contributed by atoms with E-state index in [0.29, 0.717) is 12.4 Å². The number of halogens is 1. The number of ether oxygens (including phenoxy) is 1. The standard InChI is InChI=1S/C4H9ClO2S/c1-7-3-2-4-8(5)6/h2-4H2,1H3. The molecule has 0 aliphatic rings. The highest BCUT2D eigenvalue weighted by Crippen LogP contribution is 1.91. The van der Waals surface area contributed by atoms with Crippen molar-refractivity contribution in [1.29, 1.82) is 0 Å². The van der Waals surface area contributed by atoms with Gasteiger partial charge in [-0.1, -0.05) is 0 Å². The molecule has 0 aliphatic heterocycles. The minimum absolute atomic E-state index is 0.523. The van der Waals surface area contributed by atoms with Gasteiger partial charge in [-0.3, -0.25) is 0 Å². The molecular formula is C4H9ClO2S. The van der Waals surface area contributed by atoms with Gasteiger partial charge < -0.3 is 4.74 Å². The van der Waals surface area contributed by atoms with Crippen LogP contribution >= 0.6 is 10.7 Å². The van der Waals surface area contributed by atoms with Crippen LogP contribution in [0, 0.1) is 0 Å². The molecule has 1 unspecified atom stereocenters. The maximum absolute atomic E-state index is 10.1. The third-order valence-corrected chi connectivity index (χ3v) is 1.73. The first kappa shape index (κ1) is 8.40. The molecule has 0 fully saturated rings. The van der Waals surface area contributed by atoms with Crippen molar-refractivity contribution in [3.05, 3.63) is 0 Å². The Labute approximate surface area is 56.1 Å². The number of rotatable bonds is 4. The van der Waals surface area contributed by atoms with E-state index in [1.807, 2.05) is 0 Å². The van der Waals surface area contributed by atoms with Crippen LogP contribution in [0.3, 0.4) is 0 Å². The molecule has 1 atom stereocenters. The van der Waals surface area contributed by atoms with E-state index in [4.69, 9.17) is 15.4 Å². The Morgan fingerprint density at radius 1 is 1.75 bits per heavy atom. The summed E-state index contributed by atoms with van der Waals surface area (Å²) in [7, 11) is 5.56. The van der Waals surface area contributed by atoms with Gasteiger partial charge in [0.1, 0.15) is 10.0 Å². The Bertz CT molecular complexity index is 76.4. The largest absolute Gasteiger partial charge is 0.385 e. The third kappa shape index (κ3) is 6.40. The summed E-state index contributed by atoms with van der Waals surface area (Å²) in [6.45, 7) is 0.637. The van der Waals surface area contributed by atoms with Crippen LogP contribution in [-0.4, -0.2) is 23.7 Å². The highest BCUT2D eigenvalue weighted by molar-refractivity contribution is 8.08. The average Bonchev–Trinajstić information content (AvgIpc) is 1.66. The molecule has 8 heavy (non-hydrogen) atoms. The van der Waals surface area contributed by atoms with Crippen molar-refractivity contribution in [2.75, 3.05) is 19.5 Å². The van der Waals surface area contributed by atoms with Gasteiger partial charge in [-0.05, 0) is 17.1 Å². The molecule has 0 N–H and O–H groups in total. The van der Waals surface area contributed by atoms with E-state index in [1.54, 1.807) is 7.11 Å². The fourth-order valence-electron chi connectivity index (χ4n) is 0.317. The second-order valence-corrected chi connectivity index (χ2v) is 3.36. The lowest BCUT2D eigenvalue weighted by Gasteiger charge is -1.92. The molecular weight excluding hydrogens is 148 g/mol. The van der Waals surface area contributed by atoms with Gasteiger partial charge >= 0.3 is 0 Å². The van der Waals surface area contributed by atoms with E-state index < -0.39 is 10.0 Å². The average molecular weight is 157 g/mol. The Hall–Kier alpha value is 0.400. The molecule has 0 saturated heterocycles. The number of methoxy groups -OCH3 is 1. The first-order chi connectivity index (χ1) is 3.77. The summed E-state index contributed by atoms with van der Waals surface area (Å²) in [6, 6.07) is 0. The van der Waals surface area contributed by atoms with Crippen molar-refractivity contribution in [1.82, 2.24) is 0 Å². The molecule has 0 saturated carbocycles. The highest BCUT2D eigenvalue weighted by atomic mass is 35.7. The van der Waals surface area contributed by atoms with Gasteiger partial charge in [0.25, 0.3) is 0 Å². The molecule has 0 spiro atoms. The molecule has 0 bridgehead atoms. The van der Waals surface area contributed by atoms with Crippen LogP contribution in [0.4, 0.5) is 0 Å². The Kier molecular flexibility index (Phi) is 5.81. The number of hydrogen-bond acceptors (Lipinski definition) is 2. The first-order valence-electron chi connectivity index (χ1n) is 2.31. The highest BCUT2D eigenvalue weighted by Gasteiger charge is 1.90. The van der Waals surface area contributed by atoms with Gasteiger partial charge in [-0.2, -0.15) is 0 Å². The van der Waals surface area contributed by atoms with Gasteiger partial charge in [0.05, 0.1) is 0 Å². The van der Waals surface area contributed by atoms with Gasteiger partial charge in [0, 0.05) is 19.5 Å². The van der Waals surface area contributed by atoms with Crippen LogP contribution in [0.2, 0.25) is 0 Å². The summed E-state index contributed by atoms with van der Waals surface area (Å²) in [4.78, 5) is 0. The molecule has 0 amide bonds. The fourth-order valence-corrected chi connectivity index (χ4v) is 0.989. The maximum Gasteiger partial charge on any atom is 0.115 e. The SMILES string of the molecule is COCCCS(=O)Cl. The summed E-state index contributed by atoms with van der Waals surface area (Å²) < 4.78 is 14.8. The van der Waals surface area contributed by atoms with Crippen LogP contribution in [0.5, 0.6) is 0 Å².